The number of carbonyl (C=O) groups is 1. The van der Waals surface area contributed by atoms with E-state index in [1.54, 1.807) is 31.4 Å². The van der Waals surface area contributed by atoms with Gasteiger partial charge in [0.2, 0.25) is 0 Å². The third-order valence-electron chi connectivity index (χ3n) is 3.34. The summed E-state index contributed by atoms with van der Waals surface area (Å²) in [6.07, 6.45) is 0. The van der Waals surface area contributed by atoms with E-state index in [1.165, 1.54) is 0 Å². The van der Waals surface area contributed by atoms with Gasteiger partial charge in [0, 0.05) is 18.7 Å². The Morgan fingerprint density at radius 1 is 1.00 bits per heavy atom. The van der Waals surface area contributed by atoms with E-state index in [4.69, 9.17) is 14.2 Å². The Kier molecular flexibility index (Phi) is 6.63. The smallest absolute Gasteiger partial charge is 0.255 e. The molecule has 0 aromatic heterocycles. The molecule has 128 valence electrons. The van der Waals surface area contributed by atoms with E-state index in [0.29, 0.717) is 42.6 Å². The number of hydrogen-bond donors (Lipinski definition) is 1. The van der Waals surface area contributed by atoms with Gasteiger partial charge in [-0.1, -0.05) is 12.1 Å². The van der Waals surface area contributed by atoms with E-state index in [2.05, 4.69) is 5.32 Å². The van der Waals surface area contributed by atoms with Crippen LogP contribution in [0.4, 0.5) is 5.69 Å². The zero-order valence-corrected chi connectivity index (χ0v) is 14.3. The second-order valence-electron chi connectivity index (χ2n) is 5.11. The molecule has 2 aromatic carbocycles. The van der Waals surface area contributed by atoms with E-state index in [9.17, 15) is 4.79 Å². The van der Waals surface area contributed by atoms with Crippen molar-refractivity contribution in [2.45, 2.75) is 20.5 Å². The van der Waals surface area contributed by atoms with E-state index >= 15 is 0 Å². The summed E-state index contributed by atoms with van der Waals surface area (Å²) < 4.78 is 16.1. The number of carbonyl (C=O) groups excluding carboxylic acids is 1. The number of benzene rings is 2. The van der Waals surface area contributed by atoms with Gasteiger partial charge in [-0.05, 0) is 43.7 Å². The Labute approximate surface area is 142 Å². The first-order chi connectivity index (χ1) is 11.7. The third-order valence-corrected chi connectivity index (χ3v) is 3.34. The van der Waals surface area contributed by atoms with Crippen molar-refractivity contribution in [1.82, 2.24) is 0 Å². The minimum Gasteiger partial charge on any atom is -0.494 e. The molecule has 1 N–H and O–H groups in total. The average molecular weight is 329 g/mol. The molecule has 0 aliphatic carbocycles. The number of nitrogens with one attached hydrogen (secondary N) is 1. The average Bonchev–Trinajstić information content (AvgIpc) is 2.58. The van der Waals surface area contributed by atoms with Gasteiger partial charge in [0.05, 0.1) is 25.5 Å². The molecule has 5 nitrogen and oxygen atoms in total. The monoisotopic (exact) mass is 329 g/mol. The predicted molar refractivity (Wildman–Crippen MR) is 93.9 cm³/mol. The van der Waals surface area contributed by atoms with Crippen molar-refractivity contribution < 1.29 is 19.0 Å². The lowest BCUT2D eigenvalue weighted by Crippen LogP contribution is -2.13. The predicted octanol–water partition coefficient (Wildman–Crippen LogP) is 3.88. The Bertz CT molecular complexity index is 668. The highest BCUT2D eigenvalue weighted by Gasteiger charge is 2.11. The Balaban J connectivity index is 2.18. The zero-order chi connectivity index (χ0) is 17.4. The van der Waals surface area contributed by atoms with Crippen molar-refractivity contribution in [2.75, 3.05) is 25.6 Å². The number of anilines is 1. The topological polar surface area (TPSA) is 56.8 Å². The summed E-state index contributed by atoms with van der Waals surface area (Å²) in [6.45, 7) is 5.41. The zero-order valence-electron chi connectivity index (χ0n) is 14.3. The lowest BCUT2D eigenvalue weighted by Gasteiger charge is -2.13. The highest BCUT2D eigenvalue weighted by atomic mass is 16.5. The van der Waals surface area contributed by atoms with Crippen molar-refractivity contribution in [3.05, 3.63) is 53.6 Å². The summed E-state index contributed by atoms with van der Waals surface area (Å²) >= 11 is 0. The fourth-order valence-corrected chi connectivity index (χ4v) is 2.26. The van der Waals surface area contributed by atoms with E-state index in [-0.39, 0.29) is 5.91 Å². The van der Waals surface area contributed by atoms with Crippen LogP contribution in [-0.4, -0.2) is 26.2 Å². The molecule has 0 fully saturated rings. The first kappa shape index (κ1) is 17.8. The summed E-state index contributed by atoms with van der Waals surface area (Å²) in [5.74, 6) is 1.10. The standard InChI is InChI=1S/C19H23NO4/c1-4-23-16-10-11-18(24-5-2)17(12-16)20-19(21)15-8-6-14(7-9-15)13-22-3/h6-12H,4-5,13H2,1-3H3,(H,20,21). The Morgan fingerprint density at radius 2 is 1.71 bits per heavy atom. The Hall–Kier alpha value is -2.53. The van der Waals surface area contributed by atoms with Crippen molar-refractivity contribution in [3.63, 3.8) is 0 Å². The Morgan fingerprint density at radius 3 is 2.33 bits per heavy atom. The van der Waals surface area contributed by atoms with Gasteiger partial charge in [-0.3, -0.25) is 4.79 Å². The molecule has 0 spiro atoms. The summed E-state index contributed by atoms with van der Waals surface area (Å²) in [7, 11) is 1.64. The largest absolute Gasteiger partial charge is 0.494 e. The number of ether oxygens (including phenoxy) is 3. The number of hydrogen-bond acceptors (Lipinski definition) is 4. The van der Waals surface area contributed by atoms with Gasteiger partial charge in [0.1, 0.15) is 11.5 Å². The molecule has 0 bridgehead atoms. The van der Waals surface area contributed by atoms with E-state index in [0.717, 1.165) is 5.56 Å². The van der Waals surface area contributed by atoms with Crippen LogP contribution < -0.4 is 14.8 Å². The third kappa shape index (κ3) is 4.73. The van der Waals surface area contributed by atoms with Crippen molar-refractivity contribution in [1.29, 1.82) is 0 Å². The van der Waals surface area contributed by atoms with Gasteiger partial charge in [-0.2, -0.15) is 0 Å². The number of rotatable bonds is 8. The second kappa shape index (κ2) is 8.93. The summed E-state index contributed by atoms with van der Waals surface area (Å²) in [4.78, 5) is 12.5. The summed E-state index contributed by atoms with van der Waals surface area (Å²) in [6, 6.07) is 12.7. The van der Waals surface area contributed by atoms with Crippen LogP contribution in [0.1, 0.15) is 29.8 Å². The molecule has 0 aliphatic rings. The molecule has 5 heteroatoms. The SMILES string of the molecule is CCOc1ccc(OCC)c(NC(=O)c2ccc(COC)cc2)c1. The molecular formula is C19H23NO4. The number of methoxy groups -OCH3 is 1. The van der Waals surface area contributed by atoms with Crippen LogP contribution in [0.2, 0.25) is 0 Å². The molecular weight excluding hydrogens is 306 g/mol. The molecule has 2 aromatic rings. The molecule has 0 saturated carbocycles. The maximum absolute atomic E-state index is 12.5. The molecule has 0 atom stereocenters. The highest BCUT2D eigenvalue weighted by Crippen LogP contribution is 2.30. The van der Waals surface area contributed by atoms with Crippen LogP contribution in [-0.2, 0) is 11.3 Å². The molecule has 0 saturated heterocycles. The lowest BCUT2D eigenvalue weighted by atomic mass is 10.1. The van der Waals surface area contributed by atoms with Crippen LogP contribution in [0.5, 0.6) is 11.5 Å². The van der Waals surface area contributed by atoms with Crippen molar-refractivity contribution in [2.24, 2.45) is 0 Å². The van der Waals surface area contributed by atoms with Crippen molar-refractivity contribution >= 4 is 11.6 Å². The minimum atomic E-state index is -0.200. The van der Waals surface area contributed by atoms with Crippen LogP contribution in [0.15, 0.2) is 42.5 Å². The lowest BCUT2D eigenvalue weighted by molar-refractivity contribution is 0.102. The van der Waals surface area contributed by atoms with Gasteiger partial charge in [0.25, 0.3) is 5.91 Å². The summed E-state index contributed by atoms with van der Waals surface area (Å²) in [5, 5.41) is 2.89. The van der Waals surface area contributed by atoms with Crippen LogP contribution in [0, 0.1) is 0 Å². The van der Waals surface area contributed by atoms with Crippen LogP contribution >= 0.6 is 0 Å². The van der Waals surface area contributed by atoms with E-state index < -0.39 is 0 Å². The van der Waals surface area contributed by atoms with Gasteiger partial charge < -0.3 is 19.5 Å². The quantitative estimate of drug-likeness (QED) is 0.798. The molecule has 2 rings (SSSR count). The number of amides is 1. The van der Waals surface area contributed by atoms with Gasteiger partial charge in [-0.25, -0.2) is 0 Å². The van der Waals surface area contributed by atoms with Crippen LogP contribution in [0.3, 0.4) is 0 Å². The minimum absolute atomic E-state index is 0.200. The first-order valence-corrected chi connectivity index (χ1v) is 7.96. The molecule has 0 aliphatic heterocycles. The van der Waals surface area contributed by atoms with Crippen LogP contribution in [0.25, 0.3) is 0 Å². The molecule has 1 amide bonds. The molecule has 0 radical (unpaired) electrons. The fourth-order valence-electron chi connectivity index (χ4n) is 2.26. The van der Waals surface area contributed by atoms with E-state index in [1.807, 2.05) is 32.0 Å². The highest BCUT2D eigenvalue weighted by molar-refractivity contribution is 6.05. The second-order valence-corrected chi connectivity index (χ2v) is 5.11. The van der Waals surface area contributed by atoms with Gasteiger partial charge in [-0.15, -0.1) is 0 Å². The maximum atomic E-state index is 12.5. The molecule has 0 unspecified atom stereocenters. The molecule has 24 heavy (non-hydrogen) atoms. The maximum Gasteiger partial charge on any atom is 0.255 e. The van der Waals surface area contributed by atoms with Gasteiger partial charge in [0.15, 0.2) is 0 Å². The fraction of sp³-hybridized carbons (Fsp3) is 0.316. The summed E-state index contributed by atoms with van der Waals surface area (Å²) in [5.41, 5.74) is 2.18. The van der Waals surface area contributed by atoms with Crippen molar-refractivity contribution in [3.8, 4) is 11.5 Å². The molecule has 0 heterocycles. The first-order valence-electron chi connectivity index (χ1n) is 7.96. The normalized spacial score (nSPS) is 10.3. The van der Waals surface area contributed by atoms with Gasteiger partial charge >= 0.3 is 0 Å².